The maximum absolute atomic E-state index is 13.1. The predicted octanol–water partition coefficient (Wildman–Crippen LogP) is 2.77. The van der Waals surface area contributed by atoms with Crippen molar-refractivity contribution in [1.29, 1.82) is 0 Å². The Hall–Kier alpha value is -2.85. The van der Waals surface area contributed by atoms with Gasteiger partial charge in [0.05, 0.1) is 15.7 Å². The largest absolute Gasteiger partial charge is 0.326 e. The highest BCUT2D eigenvalue weighted by atomic mass is 32.2. The highest BCUT2D eigenvalue weighted by Crippen LogP contribution is 2.25. The molecule has 0 bridgehead atoms. The molecular weight excluding hydrogens is 389 g/mol. The number of hydrogen-bond acceptors (Lipinski definition) is 5. The first-order valence-corrected chi connectivity index (χ1v) is 10.0. The molecule has 1 amide bonds. The molecule has 0 aliphatic carbocycles. The fourth-order valence-corrected chi connectivity index (χ4v) is 4.60. The first-order chi connectivity index (χ1) is 13.3. The molecule has 3 rings (SSSR count). The molecule has 1 aliphatic heterocycles. The Labute approximate surface area is 161 Å². The standard InChI is InChI=1S/C18H18FN3O5S/c19-14-6-8-17(9-7-14)28(26,27)21-10-2-3-13(12-21)18(23)20-15-4-1-5-16(11-15)22(24)25/h1,4-9,11,13H,2-3,10,12H2,(H,20,23). The summed E-state index contributed by atoms with van der Waals surface area (Å²) in [7, 11) is -3.84. The summed E-state index contributed by atoms with van der Waals surface area (Å²) in [4.78, 5) is 22.8. The molecule has 0 radical (unpaired) electrons. The average molecular weight is 407 g/mol. The first-order valence-electron chi connectivity index (χ1n) is 8.58. The van der Waals surface area contributed by atoms with E-state index < -0.39 is 32.6 Å². The quantitative estimate of drug-likeness (QED) is 0.605. The number of halogens is 1. The lowest BCUT2D eigenvalue weighted by atomic mass is 9.98. The zero-order chi connectivity index (χ0) is 20.3. The highest BCUT2D eigenvalue weighted by Gasteiger charge is 2.33. The van der Waals surface area contributed by atoms with Crippen LogP contribution in [0, 0.1) is 21.8 Å². The van der Waals surface area contributed by atoms with Crippen LogP contribution in [0.3, 0.4) is 0 Å². The van der Waals surface area contributed by atoms with Gasteiger partial charge in [-0.15, -0.1) is 0 Å². The third kappa shape index (κ3) is 4.34. The Morgan fingerprint density at radius 3 is 2.61 bits per heavy atom. The van der Waals surface area contributed by atoms with E-state index in [0.717, 1.165) is 12.1 Å². The summed E-state index contributed by atoms with van der Waals surface area (Å²) in [6.07, 6.45) is 0.990. The van der Waals surface area contributed by atoms with E-state index in [0.29, 0.717) is 12.8 Å². The van der Waals surface area contributed by atoms with E-state index in [1.807, 2.05) is 0 Å². The van der Waals surface area contributed by atoms with E-state index in [1.54, 1.807) is 0 Å². The number of nitro groups is 1. The minimum absolute atomic E-state index is 0.0134. The lowest BCUT2D eigenvalue weighted by Crippen LogP contribution is -2.43. The number of hydrogen-bond donors (Lipinski definition) is 1. The Kier molecular flexibility index (Phi) is 5.71. The van der Waals surface area contributed by atoms with E-state index in [2.05, 4.69) is 5.32 Å². The fraction of sp³-hybridized carbons (Fsp3) is 0.278. The summed E-state index contributed by atoms with van der Waals surface area (Å²) in [6, 6.07) is 10.1. The van der Waals surface area contributed by atoms with Gasteiger partial charge >= 0.3 is 0 Å². The van der Waals surface area contributed by atoms with E-state index >= 15 is 0 Å². The van der Waals surface area contributed by atoms with E-state index in [-0.39, 0.29) is 29.4 Å². The molecule has 0 saturated carbocycles. The van der Waals surface area contributed by atoms with E-state index in [9.17, 15) is 27.7 Å². The van der Waals surface area contributed by atoms with Crippen LogP contribution < -0.4 is 5.32 Å². The zero-order valence-electron chi connectivity index (χ0n) is 14.7. The second-order valence-electron chi connectivity index (χ2n) is 6.45. The van der Waals surface area contributed by atoms with Crippen molar-refractivity contribution in [2.45, 2.75) is 17.7 Å². The van der Waals surface area contributed by atoms with Crippen molar-refractivity contribution < 1.29 is 22.5 Å². The molecule has 1 heterocycles. The van der Waals surface area contributed by atoms with Crippen molar-refractivity contribution in [2.75, 3.05) is 18.4 Å². The van der Waals surface area contributed by atoms with Crippen LogP contribution in [0.1, 0.15) is 12.8 Å². The lowest BCUT2D eigenvalue weighted by Gasteiger charge is -2.31. The smallest absolute Gasteiger partial charge is 0.271 e. The number of nitrogens with one attached hydrogen (secondary N) is 1. The normalized spacial score (nSPS) is 17.8. The van der Waals surface area contributed by atoms with E-state index in [4.69, 9.17) is 0 Å². The monoisotopic (exact) mass is 407 g/mol. The van der Waals surface area contributed by atoms with Gasteiger partial charge in [-0.05, 0) is 43.2 Å². The molecule has 28 heavy (non-hydrogen) atoms. The van der Waals surface area contributed by atoms with Crippen LogP contribution in [-0.2, 0) is 14.8 Å². The molecule has 1 unspecified atom stereocenters. The molecule has 0 aromatic heterocycles. The van der Waals surface area contributed by atoms with Crippen LogP contribution in [0.15, 0.2) is 53.4 Å². The Balaban J connectivity index is 1.72. The van der Waals surface area contributed by atoms with Gasteiger partial charge in [0.25, 0.3) is 5.69 Å². The molecular formula is C18H18FN3O5S. The van der Waals surface area contributed by atoms with Gasteiger partial charge in [0, 0.05) is 30.9 Å². The van der Waals surface area contributed by atoms with Gasteiger partial charge in [0.1, 0.15) is 5.82 Å². The van der Waals surface area contributed by atoms with Crippen molar-refractivity contribution in [3.05, 3.63) is 64.5 Å². The third-order valence-electron chi connectivity index (χ3n) is 4.53. The maximum Gasteiger partial charge on any atom is 0.271 e. The summed E-state index contributed by atoms with van der Waals surface area (Å²) in [5.41, 5.74) is 0.125. The van der Waals surface area contributed by atoms with Gasteiger partial charge in [-0.3, -0.25) is 14.9 Å². The van der Waals surface area contributed by atoms with Crippen molar-refractivity contribution in [2.24, 2.45) is 5.92 Å². The zero-order valence-corrected chi connectivity index (χ0v) is 15.6. The lowest BCUT2D eigenvalue weighted by molar-refractivity contribution is -0.384. The number of piperidine rings is 1. The number of amides is 1. The minimum Gasteiger partial charge on any atom is -0.326 e. The van der Waals surface area contributed by atoms with Crippen molar-refractivity contribution in [3.8, 4) is 0 Å². The van der Waals surface area contributed by atoms with Crippen LogP contribution >= 0.6 is 0 Å². The fourth-order valence-electron chi connectivity index (χ4n) is 3.07. The Bertz CT molecular complexity index is 995. The van der Waals surface area contributed by atoms with Crippen molar-refractivity contribution >= 4 is 27.3 Å². The van der Waals surface area contributed by atoms with Gasteiger partial charge in [-0.25, -0.2) is 12.8 Å². The Morgan fingerprint density at radius 1 is 1.21 bits per heavy atom. The number of anilines is 1. The van der Waals surface area contributed by atoms with Gasteiger partial charge in [-0.1, -0.05) is 6.07 Å². The highest BCUT2D eigenvalue weighted by molar-refractivity contribution is 7.89. The number of carbonyl (C=O) groups excluding carboxylic acids is 1. The second kappa shape index (κ2) is 8.03. The number of nitrogens with zero attached hydrogens (tertiary/aromatic N) is 2. The van der Waals surface area contributed by atoms with Gasteiger partial charge in [0.15, 0.2) is 0 Å². The molecule has 1 atom stereocenters. The molecule has 1 aliphatic rings. The van der Waals surface area contributed by atoms with Crippen LogP contribution in [0.25, 0.3) is 0 Å². The van der Waals surface area contributed by atoms with Crippen LogP contribution in [0.4, 0.5) is 15.8 Å². The number of nitro benzene ring substituents is 1. The maximum atomic E-state index is 13.1. The van der Waals surface area contributed by atoms with Crippen molar-refractivity contribution in [1.82, 2.24) is 4.31 Å². The molecule has 1 saturated heterocycles. The SMILES string of the molecule is O=C(Nc1cccc([N+](=O)[O-])c1)C1CCCN(S(=O)(=O)c2ccc(F)cc2)C1. The molecule has 148 valence electrons. The summed E-state index contributed by atoms with van der Waals surface area (Å²) >= 11 is 0. The van der Waals surface area contributed by atoms with Gasteiger partial charge < -0.3 is 5.32 Å². The average Bonchev–Trinajstić information content (AvgIpc) is 2.68. The topological polar surface area (TPSA) is 110 Å². The van der Waals surface area contributed by atoms with E-state index in [1.165, 1.54) is 40.7 Å². The molecule has 10 heteroatoms. The molecule has 0 spiro atoms. The van der Waals surface area contributed by atoms with Gasteiger partial charge in [0.2, 0.25) is 15.9 Å². The summed E-state index contributed by atoms with van der Waals surface area (Å²) in [6.45, 7) is 0.251. The summed E-state index contributed by atoms with van der Waals surface area (Å²) < 4.78 is 39.8. The second-order valence-corrected chi connectivity index (χ2v) is 8.39. The van der Waals surface area contributed by atoms with Crippen LogP contribution in [0.5, 0.6) is 0 Å². The minimum atomic E-state index is -3.84. The van der Waals surface area contributed by atoms with Gasteiger partial charge in [-0.2, -0.15) is 4.31 Å². The molecule has 1 N–H and O–H groups in total. The van der Waals surface area contributed by atoms with Crippen LogP contribution in [-0.4, -0.2) is 36.6 Å². The number of non-ortho nitro benzene ring substituents is 1. The molecule has 2 aromatic rings. The molecule has 8 nitrogen and oxygen atoms in total. The first kappa shape index (κ1) is 19.9. The number of carbonyl (C=O) groups is 1. The molecule has 1 fully saturated rings. The summed E-state index contributed by atoms with van der Waals surface area (Å²) in [5, 5.41) is 13.5. The number of rotatable bonds is 5. The summed E-state index contributed by atoms with van der Waals surface area (Å²) in [5.74, 6) is -1.53. The van der Waals surface area contributed by atoms with Crippen LogP contribution in [0.2, 0.25) is 0 Å². The predicted molar refractivity (Wildman–Crippen MR) is 99.6 cm³/mol. The number of benzene rings is 2. The van der Waals surface area contributed by atoms with Crippen molar-refractivity contribution in [3.63, 3.8) is 0 Å². The Morgan fingerprint density at radius 2 is 1.93 bits per heavy atom. The third-order valence-corrected chi connectivity index (χ3v) is 6.41. The molecule has 2 aromatic carbocycles. The number of sulfonamides is 1.